The van der Waals surface area contributed by atoms with Crippen molar-refractivity contribution in [1.29, 1.82) is 0 Å². The summed E-state index contributed by atoms with van der Waals surface area (Å²) in [6, 6.07) is 17.0. The van der Waals surface area contributed by atoms with Crippen molar-refractivity contribution in [1.82, 2.24) is 0 Å². The Hall–Kier alpha value is -1.59. The van der Waals surface area contributed by atoms with Crippen molar-refractivity contribution >= 4 is 22.2 Å². The molecule has 0 bridgehead atoms. The van der Waals surface area contributed by atoms with Crippen LogP contribution in [0.5, 0.6) is 0 Å². The van der Waals surface area contributed by atoms with E-state index in [2.05, 4.69) is 38.0 Å². The van der Waals surface area contributed by atoms with Crippen LogP contribution in [0.1, 0.15) is 31.9 Å². The first-order valence-corrected chi connectivity index (χ1v) is 9.66. The third-order valence-corrected chi connectivity index (χ3v) is 5.75. The molecule has 2 aromatic rings. The summed E-state index contributed by atoms with van der Waals surface area (Å²) in [7, 11) is -3.00. The van der Waals surface area contributed by atoms with Gasteiger partial charge in [0.05, 0.1) is 16.8 Å². The maximum atomic E-state index is 11.2. The highest BCUT2D eigenvalue weighted by molar-refractivity contribution is 7.91. The molecule has 0 aromatic heterocycles. The van der Waals surface area contributed by atoms with Gasteiger partial charge in [0.1, 0.15) is 0 Å². The maximum Gasteiger partial charge on any atom is 0.324 e. The summed E-state index contributed by atoms with van der Waals surface area (Å²) >= 11 is 0. The second kappa shape index (κ2) is 7.80. The van der Waals surface area contributed by atoms with Crippen molar-refractivity contribution in [2.45, 2.75) is 38.1 Å². The standard InChI is InChI=1S/C10H13BO.C8H10O2S/c1-3-10-8-6-4-5-7-9(8)11(2)12-10;1-2-11(9,10)8-6-4-3-5-7-8/h4-7,10H,3H2,1-2H3;3-7H,2H2,1H3/t10-;/m0./s1. The molecule has 1 aliphatic heterocycles. The van der Waals surface area contributed by atoms with Gasteiger partial charge in [0.2, 0.25) is 0 Å². The van der Waals surface area contributed by atoms with Gasteiger partial charge in [0.15, 0.2) is 9.84 Å². The fourth-order valence-corrected chi connectivity index (χ4v) is 3.58. The van der Waals surface area contributed by atoms with Crippen molar-refractivity contribution in [2.24, 2.45) is 0 Å². The first-order chi connectivity index (χ1) is 11.0. The van der Waals surface area contributed by atoms with Gasteiger partial charge >= 0.3 is 6.92 Å². The van der Waals surface area contributed by atoms with E-state index >= 15 is 0 Å². The summed E-state index contributed by atoms with van der Waals surface area (Å²) in [6.07, 6.45) is 1.40. The van der Waals surface area contributed by atoms with Gasteiger partial charge in [0.25, 0.3) is 0 Å². The summed E-state index contributed by atoms with van der Waals surface area (Å²) in [6.45, 7) is 6.21. The molecule has 1 atom stereocenters. The van der Waals surface area contributed by atoms with Crippen molar-refractivity contribution in [3.63, 3.8) is 0 Å². The van der Waals surface area contributed by atoms with E-state index in [-0.39, 0.29) is 12.7 Å². The average Bonchev–Trinajstić information content (AvgIpc) is 2.93. The maximum absolute atomic E-state index is 11.2. The summed E-state index contributed by atoms with van der Waals surface area (Å²) < 4.78 is 28.2. The Bertz CT molecular complexity index is 729. The van der Waals surface area contributed by atoms with Gasteiger partial charge in [-0.1, -0.05) is 63.1 Å². The lowest BCUT2D eigenvalue weighted by Crippen LogP contribution is -2.23. The minimum absolute atomic E-state index is 0.164. The highest BCUT2D eigenvalue weighted by atomic mass is 32.2. The van der Waals surface area contributed by atoms with Crippen LogP contribution in [0, 0.1) is 0 Å². The molecule has 0 saturated heterocycles. The molecule has 0 N–H and O–H groups in total. The van der Waals surface area contributed by atoms with Gasteiger partial charge in [-0.15, -0.1) is 0 Å². The second-order valence-electron chi connectivity index (χ2n) is 5.52. The van der Waals surface area contributed by atoms with E-state index in [0.717, 1.165) is 6.42 Å². The molecule has 0 radical (unpaired) electrons. The smallest absolute Gasteiger partial charge is 0.324 e. The minimum Gasteiger partial charge on any atom is -0.424 e. The normalized spacial score (nSPS) is 16.5. The van der Waals surface area contributed by atoms with E-state index in [1.54, 1.807) is 37.3 Å². The molecule has 1 aliphatic rings. The second-order valence-corrected chi connectivity index (χ2v) is 7.80. The van der Waals surface area contributed by atoms with Crippen molar-refractivity contribution in [2.75, 3.05) is 5.75 Å². The molecule has 122 valence electrons. The van der Waals surface area contributed by atoms with Gasteiger partial charge in [-0.2, -0.15) is 0 Å². The highest BCUT2D eigenvalue weighted by Gasteiger charge is 2.29. The van der Waals surface area contributed by atoms with E-state index in [9.17, 15) is 8.42 Å². The SMILES string of the molecule is CCS(=O)(=O)c1ccccc1.CC[C@@H]1OB(C)c2ccccc21. The third-order valence-electron chi connectivity index (χ3n) is 4.00. The molecule has 23 heavy (non-hydrogen) atoms. The summed E-state index contributed by atoms with van der Waals surface area (Å²) in [5.74, 6) is 0.164. The summed E-state index contributed by atoms with van der Waals surface area (Å²) in [4.78, 5) is 0.405. The molecule has 0 unspecified atom stereocenters. The fourth-order valence-electron chi connectivity index (χ4n) is 2.68. The molecule has 0 saturated carbocycles. The van der Waals surface area contributed by atoms with E-state index < -0.39 is 9.84 Å². The molecular formula is C18H23BO3S. The molecule has 0 fully saturated rings. The van der Waals surface area contributed by atoms with Crippen molar-refractivity contribution in [3.05, 3.63) is 60.2 Å². The van der Waals surface area contributed by atoms with E-state index in [1.165, 1.54) is 11.0 Å². The average molecular weight is 330 g/mol. The number of benzene rings is 2. The molecule has 5 heteroatoms. The van der Waals surface area contributed by atoms with Crippen LogP contribution in [-0.2, 0) is 14.5 Å². The Kier molecular flexibility index (Phi) is 6.02. The van der Waals surface area contributed by atoms with E-state index in [4.69, 9.17) is 4.65 Å². The monoisotopic (exact) mass is 330 g/mol. The largest absolute Gasteiger partial charge is 0.424 e. The Morgan fingerprint density at radius 1 is 1.00 bits per heavy atom. The Morgan fingerprint density at radius 3 is 2.22 bits per heavy atom. The van der Waals surface area contributed by atoms with Gasteiger partial charge in [0, 0.05) is 0 Å². The predicted octanol–water partition coefficient (Wildman–Crippen LogP) is 3.48. The lowest BCUT2D eigenvalue weighted by atomic mass is 9.64. The quantitative estimate of drug-likeness (QED) is 0.809. The zero-order valence-electron chi connectivity index (χ0n) is 13.9. The lowest BCUT2D eigenvalue weighted by molar-refractivity contribution is 0.221. The molecule has 3 rings (SSSR count). The lowest BCUT2D eigenvalue weighted by Gasteiger charge is -2.08. The first kappa shape index (κ1) is 17.8. The Labute approximate surface area is 139 Å². The van der Waals surface area contributed by atoms with Crippen LogP contribution in [0.4, 0.5) is 0 Å². The van der Waals surface area contributed by atoms with E-state index in [1.807, 2.05) is 0 Å². The Balaban J connectivity index is 0.000000168. The van der Waals surface area contributed by atoms with Gasteiger partial charge < -0.3 is 4.65 Å². The van der Waals surface area contributed by atoms with Crippen LogP contribution in [-0.4, -0.2) is 21.1 Å². The molecule has 3 nitrogen and oxygen atoms in total. The number of sulfone groups is 1. The van der Waals surface area contributed by atoms with Crippen LogP contribution in [0.15, 0.2) is 59.5 Å². The third kappa shape index (κ3) is 4.24. The van der Waals surface area contributed by atoms with Crippen LogP contribution in [0.25, 0.3) is 0 Å². The van der Waals surface area contributed by atoms with Crippen molar-refractivity contribution in [3.8, 4) is 0 Å². The molecule has 0 aliphatic carbocycles. The number of rotatable bonds is 3. The van der Waals surface area contributed by atoms with Crippen LogP contribution in [0.2, 0.25) is 6.82 Å². The molecule has 2 aromatic carbocycles. The van der Waals surface area contributed by atoms with Crippen LogP contribution in [0.3, 0.4) is 0 Å². The number of hydrogen-bond acceptors (Lipinski definition) is 3. The highest BCUT2D eigenvalue weighted by Crippen LogP contribution is 2.26. The number of fused-ring (bicyclic) bond motifs is 1. The molecule has 0 amide bonds. The predicted molar refractivity (Wildman–Crippen MR) is 96.0 cm³/mol. The van der Waals surface area contributed by atoms with E-state index in [0.29, 0.717) is 11.0 Å². The summed E-state index contributed by atoms with van der Waals surface area (Å²) in [5.41, 5.74) is 2.75. The minimum atomic E-state index is -3.00. The molecule has 1 heterocycles. The fraction of sp³-hybridized carbons (Fsp3) is 0.333. The van der Waals surface area contributed by atoms with Gasteiger partial charge in [-0.25, -0.2) is 8.42 Å². The zero-order valence-corrected chi connectivity index (χ0v) is 14.7. The van der Waals surface area contributed by atoms with Gasteiger partial charge in [-0.3, -0.25) is 0 Å². The number of hydrogen-bond donors (Lipinski definition) is 0. The molecule has 0 spiro atoms. The van der Waals surface area contributed by atoms with Crippen molar-refractivity contribution < 1.29 is 13.1 Å². The Morgan fingerprint density at radius 2 is 1.61 bits per heavy atom. The topological polar surface area (TPSA) is 43.4 Å². The zero-order chi connectivity index (χ0) is 16.9. The van der Waals surface area contributed by atoms with Gasteiger partial charge in [-0.05, 0) is 29.6 Å². The van der Waals surface area contributed by atoms with Crippen LogP contribution < -0.4 is 5.46 Å². The molecular weight excluding hydrogens is 307 g/mol. The summed E-state index contributed by atoms with van der Waals surface area (Å²) in [5, 5.41) is 0. The van der Waals surface area contributed by atoms with Crippen LogP contribution >= 0.6 is 0 Å². The first-order valence-electron chi connectivity index (χ1n) is 8.01.